The van der Waals surface area contributed by atoms with E-state index in [1.807, 2.05) is 11.0 Å². The molecule has 1 aromatic rings. The molecule has 0 bridgehead atoms. The lowest BCUT2D eigenvalue weighted by Crippen LogP contribution is -2.50. The van der Waals surface area contributed by atoms with E-state index in [2.05, 4.69) is 32.0 Å². The lowest BCUT2D eigenvalue weighted by Gasteiger charge is -2.42. The number of benzene rings is 1. The number of rotatable bonds is 0. The Morgan fingerprint density at radius 2 is 1.87 bits per heavy atom. The van der Waals surface area contributed by atoms with Gasteiger partial charge in [0.05, 0.1) is 0 Å². The molecule has 15 heavy (non-hydrogen) atoms. The minimum atomic E-state index is -0.0554. The molecule has 0 fully saturated rings. The molecule has 0 radical (unpaired) electrons. The summed E-state index contributed by atoms with van der Waals surface area (Å²) in [6, 6.07) is 8.38. The largest absolute Gasteiger partial charge is 0.333 e. The fourth-order valence-corrected chi connectivity index (χ4v) is 2.37. The van der Waals surface area contributed by atoms with Gasteiger partial charge in [0.25, 0.3) is 0 Å². The van der Waals surface area contributed by atoms with E-state index in [4.69, 9.17) is 0 Å². The third-order valence-corrected chi connectivity index (χ3v) is 3.18. The molecule has 1 heterocycles. The predicted octanol–water partition coefficient (Wildman–Crippen LogP) is 2.37. The zero-order valence-corrected chi connectivity index (χ0v) is 9.58. The van der Waals surface area contributed by atoms with Crippen LogP contribution >= 0.6 is 0 Å². The van der Waals surface area contributed by atoms with Crippen molar-refractivity contribution >= 4 is 5.91 Å². The number of carbonyl (C=O) groups excluding carboxylic acids is 1. The lowest BCUT2D eigenvalue weighted by atomic mass is 9.85. The molecule has 1 aromatic carbocycles. The van der Waals surface area contributed by atoms with Crippen LogP contribution in [0.5, 0.6) is 0 Å². The molecule has 0 aliphatic carbocycles. The molecule has 1 aliphatic rings. The van der Waals surface area contributed by atoms with Crippen molar-refractivity contribution in [1.29, 1.82) is 0 Å². The van der Waals surface area contributed by atoms with Crippen molar-refractivity contribution in [2.45, 2.75) is 39.3 Å². The zero-order chi connectivity index (χ0) is 11.1. The number of carbonyl (C=O) groups is 1. The van der Waals surface area contributed by atoms with Gasteiger partial charge in [-0.15, -0.1) is 0 Å². The van der Waals surface area contributed by atoms with Gasteiger partial charge in [-0.1, -0.05) is 24.3 Å². The first-order valence-corrected chi connectivity index (χ1v) is 5.36. The SMILES string of the molecule is CC(=O)N1Cc2ccccc2CC1(C)C. The normalized spacial score (nSPS) is 18.5. The summed E-state index contributed by atoms with van der Waals surface area (Å²) in [6.45, 7) is 6.66. The van der Waals surface area contributed by atoms with Crippen LogP contribution < -0.4 is 0 Å². The monoisotopic (exact) mass is 203 g/mol. The highest BCUT2D eigenvalue weighted by molar-refractivity contribution is 5.74. The zero-order valence-electron chi connectivity index (χ0n) is 9.58. The maximum atomic E-state index is 11.6. The number of fused-ring (bicyclic) bond motifs is 1. The summed E-state index contributed by atoms with van der Waals surface area (Å²) in [5.74, 6) is 0.162. The van der Waals surface area contributed by atoms with Gasteiger partial charge in [-0.3, -0.25) is 4.79 Å². The molecule has 0 unspecified atom stereocenters. The van der Waals surface area contributed by atoms with Crippen LogP contribution in [0.3, 0.4) is 0 Å². The van der Waals surface area contributed by atoms with E-state index in [0.29, 0.717) is 0 Å². The second kappa shape index (κ2) is 3.37. The number of hydrogen-bond donors (Lipinski definition) is 0. The molecule has 0 spiro atoms. The number of hydrogen-bond acceptors (Lipinski definition) is 1. The van der Waals surface area contributed by atoms with Gasteiger partial charge in [-0.2, -0.15) is 0 Å². The Hall–Kier alpha value is -1.31. The van der Waals surface area contributed by atoms with Gasteiger partial charge < -0.3 is 4.90 Å². The summed E-state index contributed by atoms with van der Waals surface area (Å²) in [5.41, 5.74) is 2.60. The summed E-state index contributed by atoms with van der Waals surface area (Å²) in [7, 11) is 0. The molecule has 0 saturated heterocycles. The molecular weight excluding hydrogens is 186 g/mol. The van der Waals surface area contributed by atoms with Gasteiger partial charge in [0.2, 0.25) is 5.91 Å². The predicted molar refractivity (Wildman–Crippen MR) is 60.4 cm³/mol. The average Bonchev–Trinajstić information content (AvgIpc) is 2.14. The molecule has 0 atom stereocenters. The van der Waals surface area contributed by atoms with Gasteiger partial charge in [-0.05, 0) is 31.4 Å². The molecule has 2 nitrogen and oxygen atoms in total. The van der Waals surface area contributed by atoms with E-state index >= 15 is 0 Å². The summed E-state index contributed by atoms with van der Waals surface area (Å²) in [5, 5.41) is 0. The van der Waals surface area contributed by atoms with Crippen molar-refractivity contribution < 1.29 is 4.79 Å². The third-order valence-electron chi connectivity index (χ3n) is 3.18. The first kappa shape index (κ1) is 10.2. The smallest absolute Gasteiger partial charge is 0.220 e. The summed E-state index contributed by atoms with van der Waals surface area (Å²) >= 11 is 0. The molecule has 80 valence electrons. The fourth-order valence-electron chi connectivity index (χ4n) is 2.37. The van der Waals surface area contributed by atoms with Gasteiger partial charge in [0, 0.05) is 19.0 Å². The van der Waals surface area contributed by atoms with Crippen LogP contribution in [0.15, 0.2) is 24.3 Å². The quantitative estimate of drug-likeness (QED) is 0.634. The maximum Gasteiger partial charge on any atom is 0.220 e. The van der Waals surface area contributed by atoms with Crippen LogP contribution in [0.4, 0.5) is 0 Å². The Labute approximate surface area is 90.9 Å². The average molecular weight is 203 g/mol. The molecule has 1 aliphatic heterocycles. The van der Waals surface area contributed by atoms with Crippen LogP contribution in [0.25, 0.3) is 0 Å². The van der Waals surface area contributed by atoms with Gasteiger partial charge in [0.15, 0.2) is 0 Å². The molecule has 2 heteroatoms. The Morgan fingerprint density at radius 3 is 2.47 bits per heavy atom. The summed E-state index contributed by atoms with van der Waals surface area (Å²) < 4.78 is 0. The summed E-state index contributed by atoms with van der Waals surface area (Å²) in [6.07, 6.45) is 0.947. The van der Waals surface area contributed by atoms with Crippen molar-refractivity contribution in [3.05, 3.63) is 35.4 Å². The molecular formula is C13H17NO. The van der Waals surface area contributed by atoms with Crippen molar-refractivity contribution in [3.63, 3.8) is 0 Å². The minimum absolute atomic E-state index is 0.0554. The summed E-state index contributed by atoms with van der Waals surface area (Å²) in [4.78, 5) is 13.5. The second-order valence-corrected chi connectivity index (χ2v) is 4.86. The van der Waals surface area contributed by atoms with Gasteiger partial charge in [-0.25, -0.2) is 0 Å². The van der Waals surface area contributed by atoms with Crippen molar-refractivity contribution in [1.82, 2.24) is 4.90 Å². The molecule has 2 rings (SSSR count). The fraction of sp³-hybridized carbons (Fsp3) is 0.462. The minimum Gasteiger partial charge on any atom is -0.333 e. The molecule has 0 aromatic heterocycles. The Morgan fingerprint density at radius 1 is 1.27 bits per heavy atom. The lowest BCUT2D eigenvalue weighted by molar-refractivity contribution is -0.135. The first-order valence-electron chi connectivity index (χ1n) is 5.36. The van der Waals surface area contributed by atoms with E-state index in [1.54, 1.807) is 6.92 Å². The Kier molecular flexibility index (Phi) is 2.29. The highest BCUT2D eigenvalue weighted by Crippen LogP contribution is 2.30. The van der Waals surface area contributed by atoms with Crippen LogP contribution in [0, 0.1) is 0 Å². The van der Waals surface area contributed by atoms with Crippen LogP contribution in [-0.2, 0) is 17.8 Å². The van der Waals surface area contributed by atoms with Gasteiger partial charge >= 0.3 is 0 Å². The topological polar surface area (TPSA) is 20.3 Å². The molecule has 0 N–H and O–H groups in total. The highest BCUT2D eigenvalue weighted by Gasteiger charge is 2.33. The van der Waals surface area contributed by atoms with E-state index < -0.39 is 0 Å². The van der Waals surface area contributed by atoms with Crippen molar-refractivity contribution in [2.75, 3.05) is 0 Å². The Bertz CT molecular complexity index is 395. The van der Waals surface area contributed by atoms with E-state index in [9.17, 15) is 4.79 Å². The number of amides is 1. The van der Waals surface area contributed by atoms with Crippen LogP contribution in [-0.4, -0.2) is 16.3 Å². The highest BCUT2D eigenvalue weighted by atomic mass is 16.2. The van der Waals surface area contributed by atoms with E-state index in [1.165, 1.54) is 11.1 Å². The molecule has 0 saturated carbocycles. The second-order valence-electron chi connectivity index (χ2n) is 4.86. The Balaban J connectivity index is 2.40. The first-order chi connectivity index (χ1) is 7.00. The van der Waals surface area contributed by atoms with Crippen LogP contribution in [0.1, 0.15) is 31.9 Å². The van der Waals surface area contributed by atoms with E-state index in [-0.39, 0.29) is 11.4 Å². The number of nitrogens with zero attached hydrogens (tertiary/aromatic N) is 1. The van der Waals surface area contributed by atoms with E-state index in [0.717, 1.165) is 13.0 Å². The van der Waals surface area contributed by atoms with Crippen LogP contribution in [0.2, 0.25) is 0 Å². The molecule has 1 amide bonds. The van der Waals surface area contributed by atoms with Crippen molar-refractivity contribution in [2.24, 2.45) is 0 Å². The maximum absolute atomic E-state index is 11.6. The van der Waals surface area contributed by atoms with Gasteiger partial charge in [0.1, 0.15) is 0 Å². The van der Waals surface area contributed by atoms with Crippen molar-refractivity contribution in [3.8, 4) is 0 Å². The third kappa shape index (κ3) is 1.76. The standard InChI is InChI=1S/C13H17NO/c1-10(15)14-9-12-7-5-4-6-11(12)8-13(14,2)3/h4-7H,8-9H2,1-3H3.